The van der Waals surface area contributed by atoms with Gasteiger partial charge in [-0.25, -0.2) is 4.79 Å². The van der Waals surface area contributed by atoms with Gasteiger partial charge in [0.1, 0.15) is 0 Å². The molecule has 1 N–H and O–H groups in total. The molecule has 3 rings (SSSR count). The Hall–Kier alpha value is -1.17. The first-order valence-corrected chi connectivity index (χ1v) is 8.62. The summed E-state index contributed by atoms with van der Waals surface area (Å²) >= 11 is 1.92. The molecule has 1 saturated carbocycles. The first kappa shape index (κ1) is 13.8. The van der Waals surface area contributed by atoms with Crippen LogP contribution in [0.2, 0.25) is 0 Å². The monoisotopic (exact) mass is 294 g/mol. The Bertz CT molecular complexity index is 430. The van der Waals surface area contributed by atoms with Crippen LogP contribution in [0.5, 0.6) is 0 Å². The van der Waals surface area contributed by atoms with Crippen molar-refractivity contribution in [3.05, 3.63) is 18.5 Å². The molecule has 2 amide bonds. The van der Waals surface area contributed by atoms with E-state index in [1.165, 1.54) is 12.8 Å². The number of amides is 2. The average molecular weight is 294 g/mol. The van der Waals surface area contributed by atoms with Crippen molar-refractivity contribution in [3.63, 3.8) is 0 Å². The van der Waals surface area contributed by atoms with Crippen LogP contribution in [-0.2, 0) is 0 Å². The molecule has 1 aromatic heterocycles. The Morgan fingerprint density at radius 2 is 2.05 bits per heavy atom. The van der Waals surface area contributed by atoms with Crippen LogP contribution >= 0.6 is 11.8 Å². The van der Waals surface area contributed by atoms with E-state index in [1.807, 2.05) is 39.8 Å². The van der Waals surface area contributed by atoms with Crippen molar-refractivity contribution in [1.29, 1.82) is 0 Å². The van der Waals surface area contributed by atoms with Crippen molar-refractivity contribution in [2.45, 2.75) is 37.8 Å². The van der Waals surface area contributed by atoms with Crippen LogP contribution in [0.25, 0.3) is 0 Å². The van der Waals surface area contributed by atoms with Gasteiger partial charge in [-0.1, -0.05) is 12.8 Å². The Morgan fingerprint density at radius 3 is 2.80 bits per heavy atom. The number of urea groups is 1. The van der Waals surface area contributed by atoms with E-state index in [4.69, 9.17) is 0 Å². The van der Waals surface area contributed by atoms with Crippen molar-refractivity contribution in [1.82, 2.24) is 20.0 Å². The second-order valence-corrected chi connectivity index (χ2v) is 6.72. The molecule has 0 aromatic carbocycles. The van der Waals surface area contributed by atoms with Gasteiger partial charge in [0.05, 0.1) is 12.1 Å². The quantitative estimate of drug-likeness (QED) is 0.909. The van der Waals surface area contributed by atoms with E-state index in [0.717, 1.165) is 37.4 Å². The molecule has 5 nitrogen and oxygen atoms in total. The third-order valence-electron chi connectivity index (χ3n) is 4.20. The van der Waals surface area contributed by atoms with Gasteiger partial charge in [-0.2, -0.15) is 16.9 Å². The summed E-state index contributed by atoms with van der Waals surface area (Å²) in [7, 11) is 0. The molecule has 110 valence electrons. The predicted octanol–water partition coefficient (Wildman–Crippen LogP) is 2.13. The summed E-state index contributed by atoms with van der Waals surface area (Å²) in [6.07, 6.45) is 8.39. The maximum Gasteiger partial charge on any atom is 0.317 e. The topological polar surface area (TPSA) is 50.2 Å². The van der Waals surface area contributed by atoms with Crippen LogP contribution in [0.15, 0.2) is 18.5 Å². The summed E-state index contributed by atoms with van der Waals surface area (Å²) < 4.78 is 2.01. The first-order chi connectivity index (χ1) is 9.84. The fourth-order valence-corrected chi connectivity index (χ4v) is 3.99. The fourth-order valence-electron chi connectivity index (χ4n) is 3.09. The Kier molecular flexibility index (Phi) is 4.50. The standard InChI is InChI=1S/C14H22N4OS/c19-14(17-8-10-20-11-9-17)16-12-4-1-2-5-13(12)18-7-3-6-15-18/h3,6-7,12-13H,1-2,4-5,8-11H2,(H,16,19). The van der Waals surface area contributed by atoms with Crippen molar-refractivity contribution < 1.29 is 4.79 Å². The molecule has 2 unspecified atom stereocenters. The average Bonchev–Trinajstić information content (AvgIpc) is 3.03. The molecule has 2 atom stereocenters. The molecule has 1 aliphatic heterocycles. The molecule has 1 aromatic rings. The lowest BCUT2D eigenvalue weighted by molar-refractivity contribution is 0.182. The lowest BCUT2D eigenvalue weighted by Crippen LogP contribution is -2.51. The van der Waals surface area contributed by atoms with Crippen LogP contribution in [0.1, 0.15) is 31.7 Å². The second kappa shape index (κ2) is 6.52. The maximum atomic E-state index is 12.4. The van der Waals surface area contributed by atoms with Gasteiger partial charge in [-0.3, -0.25) is 4.68 Å². The van der Waals surface area contributed by atoms with Crippen molar-refractivity contribution >= 4 is 17.8 Å². The summed E-state index contributed by atoms with van der Waals surface area (Å²) in [5.74, 6) is 2.11. The number of aromatic nitrogens is 2. The third-order valence-corrected chi connectivity index (χ3v) is 5.14. The lowest BCUT2D eigenvalue weighted by Gasteiger charge is -2.35. The molecule has 6 heteroatoms. The number of nitrogens with zero attached hydrogens (tertiary/aromatic N) is 3. The molecule has 0 radical (unpaired) electrons. The smallest absolute Gasteiger partial charge is 0.317 e. The Balaban J connectivity index is 1.63. The van der Waals surface area contributed by atoms with E-state index in [1.54, 1.807) is 0 Å². The summed E-state index contributed by atoms with van der Waals surface area (Å²) in [5, 5.41) is 7.60. The minimum Gasteiger partial charge on any atom is -0.333 e. The molecule has 2 fully saturated rings. The highest BCUT2D eigenvalue weighted by molar-refractivity contribution is 7.99. The molecule has 0 spiro atoms. The minimum atomic E-state index is 0.106. The predicted molar refractivity (Wildman–Crippen MR) is 80.9 cm³/mol. The number of hydrogen-bond acceptors (Lipinski definition) is 3. The van der Waals surface area contributed by atoms with Crippen LogP contribution in [-0.4, -0.2) is 51.3 Å². The second-order valence-electron chi connectivity index (χ2n) is 5.49. The number of carbonyl (C=O) groups excluding carboxylic acids is 1. The highest BCUT2D eigenvalue weighted by atomic mass is 32.2. The van der Waals surface area contributed by atoms with Crippen molar-refractivity contribution in [2.24, 2.45) is 0 Å². The molecule has 2 aliphatic rings. The van der Waals surface area contributed by atoms with E-state index in [2.05, 4.69) is 10.4 Å². The molecule has 2 heterocycles. The molecule has 1 aliphatic carbocycles. The van der Waals surface area contributed by atoms with Gasteiger partial charge in [-0.05, 0) is 18.9 Å². The van der Waals surface area contributed by atoms with Crippen LogP contribution in [0.3, 0.4) is 0 Å². The van der Waals surface area contributed by atoms with Crippen LogP contribution < -0.4 is 5.32 Å². The number of nitrogens with one attached hydrogen (secondary N) is 1. The van der Waals surface area contributed by atoms with Gasteiger partial charge in [0.2, 0.25) is 0 Å². The zero-order valence-electron chi connectivity index (χ0n) is 11.7. The van der Waals surface area contributed by atoms with E-state index < -0.39 is 0 Å². The van der Waals surface area contributed by atoms with Crippen molar-refractivity contribution in [2.75, 3.05) is 24.6 Å². The van der Waals surface area contributed by atoms with Gasteiger partial charge in [0.15, 0.2) is 0 Å². The van der Waals surface area contributed by atoms with E-state index in [-0.39, 0.29) is 12.1 Å². The number of hydrogen-bond donors (Lipinski definition) is 1. The summed E-state index contributed by atoms with van der Waals surface area (Å²) in [4.78, 5) is 14.3. The molecule has 20 heavy (non-hydrogen) atoms. The van der Waals surface area contributed by atoms with E-state index in [0.29, 0.717) is 6.04 Å². The highest BCUT2D eigenvalue weighted by Crippen LogP contribution is 2.28. The van der Waals surface area contributed by atoms with Gasteiger partial charge < -0.3 is 10.2 Å². The summed E-state index contributed by atoms with van der Waals surface area (Å²) in [6, 6.07) is 2.58. The summed E-state index contributed by atoms with van der Waals surface area (Å²) in [5.41, 5.74) is 0. The van der Waals surface area contributed by atoms with Gasteiger partial charge in [0, 0.05) is 37.0 Å². The minimum absolute atomic E-state index is 0.106. The molecule has 1 saturated heterocycles. The Morgan fingerprint density at radius 1 is 1.25 bits per heavy atom. The fraction of sp³-hybridized carbons (Fsp3) is 0.714. The number of carbonyl (C=O) groups is 1. The maximum absolute atomic E-state index is 12.4. The largest absolute Gasteiger partial charge is 0.333 e. The Labute approximate surface area is 124 Å². The van der Waals surface area contributed by atoms with E-state index >= 15 is 0 Å². The van der Waals surface area contributed by atoms with Gasteiger partial charge in [-0.15, -0.1) is 0 Å². The van der Waals surface area contributed by atoms with E-state index in [9.17, 15) is 4.79 Å². The van der Waals surface area contributed by atoms with Crippen LogP contribution in [0.4, 0.5) is 4.79 Å². The molecular formula is C14H22N4OS. The normalized spacial score (nSPS) is 27.3. The molecule has 0 bridgehead atoms. The summed E-state index contributed by atoms with van der Waals surface area (Å²) in [6.45, 7) is 1.74. The van der Waals surface area contributed by atoms with Crippen molar-refractivity contribution in [3.8, 4) is 0 Å². The molecular weight excluding hydrogens is 272 g/mol. The zero-order chi connectivity index (χ0) is 13.8. The SMILES string of the molecule is O=C(NC1CCCCC1n1cccn1)N1CCSCC1. The number of rotatable bonds is 2. The highest BCUT2D eigenvalue weighted by Gasteiger charge is 2.29. The first-order valence-electron chi connectivity index (χ1n) is 7.47. The van der Waals surface area contributed by atoms with Gasteiger partial charge >= 0.3 is 6.03 Å². The number of thioether (sulfide) groups is 1. The van der Waals surface area contributed by atoms with Gasteiger partial charge in [0.25, 0.3) is 0 Å². The third kappa shape index (κ3) is 3.11. The lowest BCUT2D eigenvalue weighted by atomic mass is 9.90. The van der Waals surface area contributed by atoms with Crippen LogP contribution in [0, 0.1) is 0 Å². The zero-order valence-corrected chi connectivity index (χ0v) is 12.5.